The topological polar surface area (TPSA) is 127 Å². The van der Waals surface area contributed by atoms with Crippen molar-refractivity contribution >= 4 is 11.9 Å². The van der Waals surface area contributed by atoms with Crippen LogP contribution in [0.4, 0.5) is 5.95 Å². The molecule has 1 aliphatic rings. The van der Waals surface area contributed by atoms with E-state index in [9.17, 15) is 4.79 Å². The minimum absolute atomic E-state index is 0.182. The fourth-order valence-corrected chi connectivity index (χ4v) is 2.92. The van der Waals surface area contributed by atoms with Gasteiger partial charge >= 0.3 is 0 Å². The summed E-state index contributed by atoms with van der Waals surface area (Å²) in [5, 5.41) is 6.33. The lowest BCUT2D eigenvalue weighted by Crippen LogP contribution is -2.29. The van der Waals surface area contributed by atoms with Crippen LogP contribution in [0.15, 0.2) is 30.9 Å². The highest BCUT2D eigenvalue weighted by Crippen LogP contribution is 2.37. The molecule has 3 aromatic rings. The Balaban J connectivity index is 1.78. The number of amides is 1. The van der Waals surface area contributed by atoms with E-state index in [0.29, 0.717) is 6.54 Å². The van der Waals surface area contributed by atoms with E-state index in [1.54, 1.807) is 17.3 Å². The van der Waals surface area contributed by atoms with E-state index in [2.05, 4.69) is 30.1 Å². The second kappa shape index (κ2) is 5.37. The van der Waals surface area contributed by atoms with E-state index in [1.807, 2.05) is 19.1 Å². The Hall–Kier alpha value is -3.36. The van der Waals surface area contributed by atoms with E-state index < -0.39 is 0 Å². The number of nitrogen functional groups attached to an aromatic ring is 1. The number of pyridine rings is 1. The molecule has 120 valence electrons. The second-order valence-electron chi connectivity index (χ2n) is 5.47. The molecule has 0 aliphatic carbocycles. The first-order valence-electron chi connectivity index (χ1n) is 7.38. The van der Waals surface area contributed by atoms with E-state index in [-0.39, 0.29) is 23.7 Å². The van der Waals surface area contributed by atoms with Gasteiger partial charge in [0.05, 0.1) is 24.0 Å². The fourth-order valence-electron chi connectivity index (χ4n) is 2.92. The van der Waals surface area contributed by atoms with Crippen LogP contribution in [0.3, 0.4) is 0 Å². The highest BCUT2D eigenvalue weighted by atomic mass is 16.2. The van der Waals surface area contributed by atoms with Gasteiger partial charge < -0.3 is 10.6 Å². The zero-order valence-corrected chi connectivity index (χ0v) is 12.8. The van der Waals surface area contributed by atoms with Crippen molar-refractivity contribution in [3.63, 3.8) is 0 Å². The summed E-state index contributed by atoms with van der Waals surface area (Å²) in [7, 11) is 0. The lowest BCUT2D eigenvalue weighted by molar-refractivity contribution is 0.0691. The van der Waals surface area contributed by atoms with E-state index in [0.717, 1.165) is 22.5 Å². The Morgan fingerprint density at radius 1 is 1.33 bits per heavy atom. The SMILES string of the molecule is CC1c2nc(N)nc(-c3ccncc3)c2CN1C(=O)c1ncn[nH]1. The van der Waals surface area contributed by atoms with Crippen LogP contribution in [0.1, 0.15) is 34.8 Å². The monoisotopic (exact) mass is 322 g/mol. The van der Waals surface area contributed by atoms with E-state index in [1.165, 1.54) is 6.33 Å². The molecule has 0 saturated carbocycles. The van der Waals surface area contributed by atoms with E-state index in [4.69, 9.17) is 5.73 Å². The van der Waals surface area contributed by atoms with Crippen LogP contribution in [-0.4, -0.2) is 40.9 Å². The molecule has 1 aliphatic heterocycles. The van der Waals surface area contributed by atoms with Crippen LogP contribution in [0.5, 0.6) is 0 Å². The number of nitrogens with two attached hydrogens (primary N) is 1. The normalized spacial score (nSPS) is 16.2. The molecule has 4 rings (SSSR count). The maximum absolute atomic E-state index is 12.6. The molecule has 9 heteroatoms. The number of fused-ring (bicyclic) bond motifs is 1. The summed E-state index contributed by atoms with van der Waals surface area (Å²) >= 11 is 0. The largest absolute Gasteiger partial charge is 0.368 e. The summed E-state index contributed by atoms with van der Waals surface area (Å²) in [6, 6.07) is 3.48. The molecule has 3 aromatic heterocycles. The number of carbonyl (C=O) groups is 1. The van der Waals surface area contributed by atoms with Gasteiger partial charge in [0.2, 0.25) is 11.8 Å². The number of nitrogens with zero attached hydrogens (tertiary/aromatic N) is 6. The van der Waals surface area contributed by atoms with Crippen LogP contribution in [-0.2, 0) is 6.54 Å². The number of aromatic nitrogens is 6. The zero-order chi connectivity index (χ0) is 16.7. The number of nitrogens with one attached hydrogen (secondary N) is 1. The van der Waals surface area contributed by atoms with Crippen LogP contribution >= 0.6 is 0 Å². The quantitative estimate of drug-likeness (QED) is 0.719. The Morgan fingerprint density at radius 3 is 2.83 bits per heavy atom. The van der Waals surface area contributed by atoms with Gasteiger partial charge in [-0.2, -0.15) is 5.10 Å². The minimum Gasteiger partial charge on any atom is -0.368 e. The molecule has 3 N–H and O–H groups in total. The number of anilines is 1. The fraction of sp³-hybridized carbons (Fsp3) is 0.200. The molecule has 0 spiro atoms. The van der Waals surface area contributed by atoms with Crippen LogP contribution in [0.25, 0.3) is 11.3 Å². The van der Waals surface area contributed by atoms with Gasteiger partial charge in [-0.15, -0.1) is 0 Å². The average Bonchev–Trinajstić information content (AvgIpc) is 3.24. The number of rotatable bonds is 2. The Kier molecular flexibility index (Phi) is 3.19. The van der Waals surface area contributed by atoms with Crippen molar-refractivity contribution in [2.75, 3.05) is 5.73 Å². The third kappa shape index (κ3) is 2.18. The van der Waals surface area contributed by atoms with Crippen LogP contribution in [0.2, 0.25) is 0 Å². The predicted molar refractivity (Wildman–Crippen MR) is 84.3 cm³/mol. The van der Waals surface area contributed by atoms with Crippen molar-refractivity contribution in [1.29, 1.82) is 0 Å². The standard InChI is InChI=1S/C15H14N8O/c1-8-11-10(6-23(8)14(24)13-18-7-19-22-13)12(21-15(16)20-11)9-2-4-17-5-3-9/h2-5,7-8H,6H2,1H3,(H2,16,20,21)(H,18,19,22). The molecule has 24 heavy (non-hydrogen) atoms. The van der Waals surface area contributed by atoms with Gasteiger partial charge in [-0.25, -0.2) is 15.0 Å². The molecule has 1 atom stereocenters. The Morgan fingerprint density at radius 2 is 2.12 bits per heavy atom. The number of H-pyrrole nitrogens is 1. The van der Waals surface area contributed by atoms with Crippen molar-refractivity contribution in [3.05, 3.63) is 47.9 Å². The lowest BCUT2D eigenvalue weighted by Gasteiger charge is -2.19. The second-order valence-corrected chi connectivity index (χ2v) is 5.47. The summed E-state index contributed by atoms with van der Waals surface area (Å²) in [4.78, 5) is 31.0. The van der Waals surface area contributed by atoms with Gasteiger partial charge in [-0.05, 0) is 19.1 Å². The Bertz CT molecular complexity index is 893. The van der Waals surface area contributed by atoms with Crippen molar-refractivity contribution in [2.24, 2.45) is 0 Å². The van der Waals surface area contributed by atoms with Gasteiger partial charge in [0.1, 0.15) is 6.33 Å². The molecular formula is C15H14N8O. The number of carbonyl (C=O) groups excluding carboxylic acids is 1. The van der Waals surface area contributed by atoms with Crippen LogP contribution in [0, 0.1) is 0 Å². The number of aromatic amines is 1. The minimum atomic E-state index is -0.239. The molecular weight excluding hydrogens is 308 g/mol. The zero-order valence-electron chi connectivity index (χ0n) is 12.8. The molecule has 0 saturated heterocycles. The Labute approximate surface area is 137 Å². The summed E-state index contributed by atoms with van der Waals surface area (Å²) < 4.78 is 0. The first kappa shape index (κ1) is 14.2. The van der Waals surface area contributed by atoms with Gasteiger partial charge in [0, 0.05) is 23.5 Å². The van der Waals surface area contributed by atoms with Gasteiger partial charge in [0.15, 0.2) is 0 Å². The number of hydrogen-bond donors (Lipinski definition) is 2. The van der Waals surface area contributed by atoms with Gasteiger partial charge in [0.25, 0.3) is 5.91 Å². The lowest BCUT2D eigenvalue weighted by atomic mass is 10.1. The average molecular weight is 322 g/mol. The van der Waals surface area contributed by atoms with Gasteiger partial charge in [-0.3, -0.25) is 14.9 Å². The molecule has 1 unspecified atom stereocenters. The molecule has 9 nitrogen and oxygen atoms in total. The molecule has 0 aromatic carbocycles. The molecule has 1 amide bonds. The van der Waals surface area contributed by atoms with Crippen molar-refractivity contribution in [1.82, 2.24) is 35.0 Å². The highest BCUT2D eigenvalue weighted by molar-refractivity contribution is 5.91. The maximum Gasteiger partial charge on any atom is 0.292 e. The van der Waals surface area contributed by atoms with E-state index >= 15 is 0 Å². The molecule has 0 radical (unpaired) electrons. The number of hydrogen-bond acceptors (Lipinski definition) is 7. The predicted octanol–water partition coefficient (Wildman–Crippen LogP) is 0.956. The summed E-state index contributed by atoms with van der Waals surface area (Å²) in [5.74, 6) is 0.139. The highest BCUT2D eigenvalue weighted by Gasteiger charge is 2.36. The molecule has 4 heterocycles. The third-order valence-electron chi connectivity index (χ3n) is 4.08. The molecule has 0 bridgehead atoms. The van der Waals surface area contributed by atoms with Crippen LogP contribution < -0.4 is 5.73 Å². The summed E-state index contributed by atoms with van der Waals surface area (Å²) in [5.41, 5.74) is 9.12. The summed E-state index contributed by atoms with van der Waals surface area (Å²) in [6.45, 7) is 2.29. The summed E-state index contributed by atoms with van der Waals surface area (Å²) in [6.07, 6.45) is 4.69. The first-order chi connectivity index (χ1) is 11.6. The van der Waals surface area contributed by atoms with Gasteiger partial charge in [-0.1, -0.05) is 0 Å². The van der Waals surface area contributed by atoms with Crippen molar-refractivity contribution in [2.45, 2.75) is 19.5 Å². The van der Waals surface area contributed by atoms with Crippen molar-refractivity contribution in [3.8, 4) is 11.3 Å². The maximum atomic E-state index is 12.6. The van der Waals surface area contributed by atoms with Crippen molar-refractivity contribution < 1.29 is 4.79 Å². The smallest absolute Gasteiger partial charge is 0.292 e. The third-order valence-corrected chi connectivity index (χ3v) is 4.08. The first-order valence-corrected chi connectivity index (χ1v) is 7.38. The molecule has 0 fully saturated rings.